The van der Waals surface area contributed by atoms with Gasteiger partial charge in [0, 0.05) is 44.1 Å². The van der Waals surface area contributed by atoms with Gasteiger partial charge < -0.3 is 14.4 Å². The molecule has 6 aromatic rings. The van der Waals surface area contributed by atoms with E-state index in [1.54, 1.807) is 18.0 Å². The van der Waals surface area contributed by atoms with Gasteiger partial charge in [-0.15, -0.1) is 59.7 Å². The minimum absolute atomic E-state index is 0. The van der Waals surface area contributed by atoms with Gasteiger partial charge in [0.05, 0.1) is 13.7 Å². The maximum atomic E-state index is 5.86. The van der Waals surface area contributed by atoms with Crippen molar-refractivity contribution < 1.29 is 24.5 Å². The second-order valence-corrected chi connectivity index (χ2v) is 16.0. The number of hydrogen-bond acceptors (Lipinski definition) is 4. The molecule has 0 saturated carbocycles. The molecule has 7 rings (SSSR count). The van der Waals surface area contributed by atoms with Crippen molar-refractivity contribution in [1.29, 1.82) is 0 Å². The summed E-state index contributed by atoms with van der Waals surface area (Å²) in [7, 11) is -1.40. The third-order valence-electron chi connectivity index (χ3n) is 7.30. The molecule has 6 heteroatoms. The van der Waals surface area contributed by atoms with Gasteiger partial charge >= 0.3 is 0 Å². The van der Waals surface area contributed by atoms with Crippen molar-refractivity contribution in [3.05, 3.63) is 109 Å². The molecule has 0 saturated heterocycles. The molecule has 1 aliphatic carbocycles. The first-order valence-corrected chi connectivity index (χ1v) is 17.1. The maximum absolute atomic E-state index is 5.86. The Morgan fingerprint density at radius 3 is 2.33 bits per heavy atom. The number of furan rings is 1. The predicted molar refractivity (Wildman–Crippen MR) is 162 cm³/mol. The molecule has 2 aromatic carbocycles. The molecule has 0 bridgehead atoms. The van der Waals surface area contributed by atoms with Crippen LogP contribution in [0.2, 0.25) is 19.6 Å². The number of aromatic nitrogens is 3. The van der Waals surface area contributed by atoms with Crippen LogP contribution in [0.15, 0.2) is 89.7 Å². The zero-order valence-corrected chi connectivity index (χ0v) is 26.4. The molecular formula is C34H31IrN3OSi-2. The summed E-state index contributed by atoms with van der Waals surface area (Å²) in [5.74, 6) is 0. The van der Waals surface area contributed by atoms with Crippen molar-refractivity contribution in [3.8, 4) is 22.5 Å². The molecule has 0 spiro atoms. The minimum atomic E-state index is -1.40. The summed E-state index contributed by atoms with van der Waals surface area (Å²) in [5.41, 5.74) is 8.71. The molecule has 0 N–H and O–H groups in total. The number of fused-ring (bicyclic) bond motifs is 4. The number of hydrogen-bond donors (Lipinski definition) is 0. The average Bonchev–Trinajstić information content (AvgIpc) is 3.35. The van der Waals surface area contributed by atoms with Gasteiger partial charge in [-0.25, -0.2) is 4.98 Å². The van der Waals surface area contributed by atoms with Crippen LogP contribution in [0.5, 0.6) is 0 Å². The van der Waals surface area contributed by atoms with Crippen molar-refractivity contribution in [1.82, 2.24) is 15.0 Å². The third-order valence-corrected chi connectivity index (χ3v) is 9.34. The van der Waals surface area contributed by atoms with Crippen molar-refractivity contribution >= 4 is 35.3 Å². The molecule has 1 radical (unpaired) electrons. The molecule has 4 heterocycles. The Morgan fingerprint density at radius 2 is 1.57 bits per heavy atom. The van der Waals surface area contributed by atoms with Crippen LogP contribution >= 0.6 is 0 Å². The van der Waals surface area contributed by atoms with Gasteiger partial charge in [-0.05, 0) is 60.5 Å². The Labute approximate surface area is 250 Å². The monoisotopic (exact) mass is 718 g/mol. The van der Waals surface area contributed by atoms with E-state index in [0.717, 1.165) is 45.3 Å². The molecule has 0 unspecified atom stereocenters. The van der Waals surface area contributed by atoms with Crippen LogP contribution in [0.4, 0.5) is 0 Å². The van der Waals surface area contributed by atoms with Crippen LogP contribution in [0.3, 0.4) is 0 Å². The molecule has 40 heavy (non-hydrogen) atoms. The average molecular weight is 718 g/mol. The second-order valence-electron chi connectivity index (χ2n) is 11.0. The van der Waals surface area contributed by atoms with Gasteiger partial charge in [-0.3, -0.25) is 0 Å². The molecular weight excluding hydrogens is 687 g/mol. The summed E-state index contributed by atoms with van der Waals surface area (Å²) < 4.78 is 5.86. The number of rotatable bonds is 3. The Hall–Kier alpha value is -3.44. The number of nitrogens with zero attached hydrogens (tertiary/aromatic N) is 3. The molecule has 0 atom stereocenters. The standard InChI is InChI=1S/C23H23N2OSi.C11H8N.Ir/c1-27(2,3)21-14-25-22(17-8-5-4-7-16(17)21)15-10-11-20-19(13-15)18-9-6-12-24-23(18)26-20;1-2-6-10(7-3-1)11-8-4-5-9-12-11;/h6,9,11-14H,4-5,7-8H2,1-3H3;1-6,8-9H;/q2*-1;. The SMILES string of the molecule is C[Si](C)(C)c1cnc(-c2[c-]cc3oc4ncccc4c3c2)c2c1CCCC2.[Ir].[c-]1ccccc1-c1ccccn1. The topological polar surface area (TPSA) is 51.8 Å². The van der Waals surface area contributed by atoms with Crippen molar-refractivity contribution in [2.24, 2.45) is 0 Å². The van der Waals surface area contributed by atoms with Gasteiger partial charge in [0.2, 0.25) is 5.71 Å². The quantitative estimate of drug-likeness (QED) is 0.139. The van der Waals surface area contributed by atoms with E-state index < -0.39 is 8.07 Å². The smallest absolute Gasteiger partial charge is 0.216 e. The summed E-state index contributed by atoms with van der Waals surface area (Å²) in [6, 6.07) is 28.4. The zero-order chi connectivity index (χ0) is 26.8. The molecule has 203 valence electrons. The fraction of sp³-hybridized carbons (Fsp3) is 0.206. The van der Waals surface area contributed by atoms with Crippen molar-refractivity contribution in [2.75, 3.05) is 0 Å². The number of pyridine rings is 3. The van der Waals surface area contributed by atoms with Gasteiger partial charge in [0.1, 0.15) is 0 Å². The fourth-order valence-electron chi connectivity index (χ4n) is 5.39. The van der Waals surface area contributed by atoms with Crippen LogP contribution < -0.4 is 5.19 Å². The molecule has 4 nitrogen and oxygen atoms in total. The van der Waals surface area contributed by atoms with Crippen LogP contribution in [0.25, 0.3) is 44.6 Å². The normalized spacial score (nSPS) is 12.8. The van der Waals surface area contributed by atoms with E-state index in [-0.39, 0.29) is 20.1 Å². The van der Waals surface area contributed by atoms with Gasteiger partial charge in [-0.1, -0.05) is 48.3 Å². The Morgan fingerprint density at radius 1 is 0.775 bits per heavy atom. The van der Waals surface area contributed by atoms with Crippen LogP contribution in [0, 0.1) is 12.1 Å². The van der Waals surface area contributed by atoms with Crippen molar-refractivity contribution in [2.45, 2.75) is 45.3 Å². The Bertz CT molecular complexity index is 1710. The maximum Gasteiger partial charge on any atom is 0.216 e. The van der Waals surface area contributed by atoms with Crippen LogP contribution in [0.1, 0.15) is 24.0 Å². The third kappa shape index (κ3) is 5.71. The van der Waals surface area contributed by atoms with E-state index in [4.69, 9.17) is 9.40 Å². The Balaban J connectivity index is 0.000000209. The van der Waals surface area contributed by atoms with E-state index in [0.29, 0.717) is 5.71 Å². The van der Waals surface area contributed by atoms with E-state index in [9.17, 15) is 0 Å². The first kappa shape index (κ1) is 28.1. The van der Waals surface area contributed by atoms with E-state index >= 15 is 0 Å². The molecule has 0 amide bonds. The van der Waals surface area contributed by atoms with Crippen LogP contribution in [-0.2, 0) is 32.9 Å². The summed E-state index contributed by atoms with van der Waals surface area (Å²) >= 11 is 0. The van der Waals surface area contributed by atoms with Crippen molar-refractivity contribution in [3.63, 3.8) is 0 Å². The summed E-state index contributed by atoms with van der Waals surface area (Å²) in [6.07, 6.45) is 10.5. The first-order chi connectivity index (χ1) is 19.0. The summed E-state index contributed by atoms with van der Waals surface area (Å²) in [6.45, 7) is 7.25. The fourth-order valence-corrected chi connectivity index (χ4v) is 7.03. The van der Waals surface area contributed by atoms with Gasteiger partial charge in [-0.2, -0.15) is 0 Å². The van der Waals surface area contributed by atoms with Gasteiger partial charge in [0.25, 0.3) is 0 Å². The van der Waals surface area contributed by atoms with Gasteiger partial charge in [0.15, 0.2) is 0 Å². The summed E-state index contributed by atoms with van der Waals surface area (Å²) in [4.78, 5) is 13.5. The summed E-state index contributed by atoms with van der Waals surface area (Å²) in [5, 5.41) is 3.67. The van der Waals surface area contributed by atoms with E-state index in [2.05, 4.69) is 60.1 Å². The van der Waals surface area contributed by atoms with E-state index in [1.807, 2.05) is 54.6 Å². The predicted octanol–water partition coefficient (Wildman–Crippen LogP) is 7.81. The molecule has 0 fully saturated rings. The van der Waals surface area contributed by atoms with Crippen LogP contribution in [-0.4, -0.2) is 23.0 Å². The molecule has 1 aliphatic rings. The minimum Gasteiger partial charge on any atom is -0.486 e. The zero-order valence-electron chi connectivity index (χ0n) is 23.0. The first-order valence-electron chi connectivity index (χ1n) is 13.6. The second kappa shape index (κ2) is 12.0. The molecule has 0 aliphatic heterocycles. The molecule has 4 aromatic heterocycles. The number of benzene rings is 2. The van der Waals surface area contributed by atoms with E-state index in [1.165, 1.54) is 30.0 Å². The Kier molecular flexibility index (Phi) is 8.41. The largest absolute Gasteiger partial charge is 0.486 e.